The Morgan fingerprint density at radius 2 is 2.25 bits per heavy atom. The molecule has 0 aromatic carbocycles. The van der Waals surface area contributed by atoms with Crippen molar-refractivity contribution in [1.29, 1.82) is 5.41 Å². The minimum Gasteiger partial charge on any atom is -0.395 e. The topological polar surface area (TPSA) is 86.2 Å². The maximum atomic E-state index is 8.95. The van der Waals surface area contributed by atoms with Gasteiger partial charge in [-0.05, 0) is 18.6 Å². The van der Waals surface area contributed by atoms with Gasteiger partial charge in [-0.2, -0.15) is 0 Å². The summed E-state index contributed by atoms with van der Waals surface area (Å²) in [6, 6.07) is 3.59. The van der Waals surface area contributed by atoms with Gasteiger partial charge >= 0.3 is 0 Å². The van der Waals surface area contributed by atoms with Crippen LogP contribution in [0.1, 0.15) is 19.0 Å². The van der Waals surface area contributed by atoms with E-state index in [0.717, 1.165) is 18.7 Å². The molecule has 0 fully saturated rings. The van der Waals surface area contributed by atoms with E-state index < -0.39 is 0 Å². The van der Waals surface area contributed by atoms with Crippen molar-refractivity contribution in [2.45, 2.75) is 13.3 Å². The lowest BCUT2D eigenvalue weighted by atomic mass is 10.3. The van der Waals surface area contributed by atoms with Crippen LogP contribution in [-0.4, -0.2) is 35.6 Å². The quantitative estimate of drug-likeness (QED) is 0.485. The standard InChI is InChI=1S/C11H18N4O/c1-2-5-15(6-7-16)9-3-4-10(11(12)13)14-8-9/h3-4,8,16H,2,5-7H2,1H3,(H3,12,13). The van der Waals surface area contributed by atoms with E-state index >= 15 is 0 Å². The highest BCUT2D eigenvalue weighted by molar-refractivity contribution is 5.93. The summed E-state index contributed by atoms with van der Waals surface area (Å²) in [4.78, 5) is 6.14. The second kappa shape index (κ2) is 6.07. The summed E-state index contributed by atoms with van der Waals surface area (Å²) >= 11 is 0. The van der Waals surface area contributed by atoms with E-state index in [-0.39, 0.29) is 12.4 Å². The molecule has 0 amide bonds. The first-order chi connectivity index (χ1) is 7.69. The van der Waals surface area contributed by atoms with Gasteiger partial charge in [-0.3, -0.25) is 10.4 Å². The minimum absolute atomic E-state index is 0.0317. The lowest BCUT2D eigenvalue weighted by molar-refractivity contribution is 0.302. The number of amidine groups is 1. The lowest BCUT2D eigenvalue weighted by Gasteiger charge is -2.22. The van der Waals surface area contributed by atoms with Crippen molar-refractivity contribution in [2.75, 3.05) is 24.6 Å². The number of aliphatic hydroxyl groups is 1. The number of hydrogen-bond donors (Lipinski definition) is 3. The van der Waals surface area contributed by atoms with Crippen LogP contribution in [0.15, 0.2) is 18.3 Å². The number of anilines is 1. The number of pyridine rings is 1. The highest BCUT2D eigenvalue weighted by Gasteiger charge is 2.05. The summed E-state index contributed by atoms with van der Waals surface area (Å²) in [6.45, 7) is 3.67. The van der Waals surface area contributed by atoms with Gasteiger partial charge in [-0.1, -0.05) is 6.92 Å². The Bertz CT molecular complexity index is 330. The molecule has 0 aliphatic rings. The van der Waals surface area contributed by atoms with Crippen LogP contribution >= 0.6 is 0 Å². The molecule has 88 valence electrons. The van der Waals surface area contributed by atoms with Crippen LogP contribution in [0.5, 0.6) is 0 Å². The summed E-state index contributed by atoms with van der Waals surface area (Å²) in [5.74, 6) is -0.0317. The second-order valence-corrected chi connectivity index (χ2v) is 3.53. The molecule has 0 aliphatic carbocycles. The molecule has 0 saturated carbocycles. The van der Waals surface area contributed by atoms with Crippen LogP contribution in [0.3, 0.4) is 0 Å². The number of rotatable bonds is 6. The second-order valence-electron chi connectivity index (χ2n) is 3.53. The van der Waals surface area contributed by atoms with Gasteiger partial charge in [0.25, 0.3) is 0 Å². The van der Waals surface area contributed by atoms with E-state index in [1.807, 2.05) is 6.07 Å². The number of nitrogens with one attached hydrogen (secondary N) is 1. The highest BCUT2D eigenvalue weighted by atomic mass is 16.3. The van der Waals surface area contributed by atoms with Crippen LogP contribution < -0.4 is 10.6 Å². The van der Waals surface area contributed by atoms with Crippen LogP contribution in [0.4, 0.5) is 5.69 Å². The number of nitrogens with zero attached hydrogens (tertiary/aromatic N) is 2. The van der Waals surface area contributed by atoms with E-state index in [0.29, 0.717) is 12.2 Å². The Labute approximate surface area is 95.4 Å². The van der Waals surface area contributed by atoms with Gasteiger partial charge in [0.1, 0.15) is 11.5 Å². The third kappa shape index (κ3) is 3.20. The molecule has 0 bridgehead atoms. The first kappa shape index (κ1) is 12.4. The third-order valence-electron chi connectivity index (χ3n) is 2.25. The van der Waals surface area contributed by atoms with E-state index in [4.69, 9.17) is 16.2 Å². The maximum absolute atomic E-state index is 8.95. The van der Waals surface area contributed by atoms with Crippen LogP contribution in [0.25, 0.3) is 0 Å². The third-order valence-corrected chi connectivity index (χ3v) is 2.25. The van der Waals surface area contributed by atoms with Gasteiger partial charge in [0.05, 0.1) is 18.5 Å². The van der Waals surface area contributed by atoms with Gasteiger partial charge in [0.15, 0.2) is 0 Å². The molecule has 0 aliphatic heterocycles. The smallest absolute Gasteiger partial charge is 0.141 e. The molecule has 16 heavy (non-hydrogen) atoms. The van der Waals surface area contributed by atoms with E-state index in [2.05, 4.69) is 16.8 Å². The highest BCUT2D eigenvalue weighted by Crippen LogP contribution is 2.12. The summed E-state index contributed by atoms with van der Waals surface area (Å²) in [6.07, 6.45) is 2.69. The normalized spacial score (nSPS) is 10.1. The average Bonchev–Trinajstić information content (AvgIpc) is 2.29. The molecule has 0 radical (unpaired) electrons. The van der Waals surface area contributed by atoms with Crippen molar-refractivity contribution in [3.63, 3.8) is 0 Å². The van der Waals surface area contributed by atoms with Gasteiger partial charge in [-0.25, -0.2) is 0 Å². The molecule has 5 heteroatoms. The molecule has 4 N–H and O–H groups in total. The van der Waals surface area contributed by atoms with Crippen LogP contribution in [-0.2, 0) is 0 Å². The zero-order valence-electron chi connectivity index (χ0n) is 9.48. The zero-order valence-corrected chi connectivity index (χ0v) is 9.48. The van der Waals surface area contributed by atoms with E-state index in [1.165, 1.54) is 0 Å². The van der Waals surface area contributed by atoms with Gasteiger partial charge in [0, 0.05) is 13.1 Å². The van der Waals surface area contributed by atoms with Gasteiger partial charge in [0.2, 0.25) is 0 Å². The fraction of sp³-hybridized carbons (Fsp3) is 0.455. The van der Waals surface area contributed by atoms with E-state index in [9.17, 15) is 0 Å². The van der Waals surface area contributed by atoms with Gasteiger partial charge < -0.3 is 15.7 Å². The molecule has 1 aromatic heterocycles. The van der Waals surface area contributed by atoms with Crippen molar-refractivity contribution >= 4 is 11.5 Å². The molecular formula is C11H18N4O. The number of aliphatic hydroxyl groups excluding tert-OH is 1. The summed E-state index contributed by atoms with van der Waals surface area (Å²) < 4.78 is 0. The first-order valence-electron chi connectivity index (χ1n) is 5.35. The number of nitrogen functional groups attached to an aromatic ring is 1. The van der Waals surface area contributed by atoms with Gasteiger partial charge in [-0.15, -0.1) is 0 Å². The van der Waals surface area contributed by atoms with Crippen molar-refractivity contribution in [2.24, 2.45) is 5.73 Å². The Morgan fingerprint density at radius 3 is 2.69 bits per heavy atom. The predicted molar refractivity (Wildman–Crippen MR) is 64.8 cm³/mol. The molecule has 1 aromatic rings. The number of aromatic nitrogens is 1. The maximum Gasteiger partial charge on any atom is 0.141 e. The lowest BCUT2D eigenvalue weighted by Crippen LogP contribution is -2.27. The van der Waals surface area contributed by atoms with Crippen molar-refractivity contribution < 1.29 is 5.11 Å². The molecule has 5 nitrogen and oxygen atoms in total. The minimum atomic E-state index is -0.0317. The summed E-state index contributed by atoms with van der Waals surface area (Å²) in [5.41, 5.74) is 6.75. The molecule has 0 atom stereocenters. The van der Waals surface area contributed by atoms with Crippen molar-refractivity contribution in [3.05, 3.63) is 24.0 Å². The zero-order chi connectivity index (χ0) is 12.0. The summed E-state index contributed by atoms with van der Waals surface area (Å²) in [5, 5.41) is 16.2. The Kier molecular flexibility index (Phi) is 4.72. The number of hydrogen-bond acceptors (Lipinski definition) is 4. The Hall–Kier alpha value is -1.62. The largest absolute Gasteiger partial charge is 0.395 e. The molecule has 0 spiro atoms. The van der Waals surface area contributed by atoms with Crippen molar-refractivity contribution in [1.82, 2.24) is 4.98 Å². The Balaban J connectivity index is 2.80. The average molecular weight is 222 g/mol. The molecular weight excluding hydrogens is 204 g/mol. The number of nitrogens with two attached hydrogens (primary N) is 1. The van der Waals surface area contributed by atoms with Crippen molar-refractivity contribution in [3.8, 4) is 0 Å². The molecule has 0 saturated heterocycles. The van der Waals surface area contributed by atoms with E-state index in [1.54, 1.807) is 12.3 Å². The fourth-order valence-electron chi connectivity index (χ4n) is 1.49. The molecule has 1 heterocycles. The monoisotopic (exact) mass is 222 g/mol. The molecule has 1 rings (SSSR count). The van der Waals surface area contributed by atoms with Crippen LogP contribution in [0, 0.1) is 5.41 Å². The van der Waals surface area contributed by atoms with Crippen LogP contribution in [0.2, 0.25) is 0 Å². The SMILES string of the molecule is CCCN(CCO)c1ccc(C(=N)N)nc1. The summed E-state index contributed by atoms with van der Waals surface area (Å²) in [7, 11) is 0. The molecule has 0 unspecified atom stereocenters. The Morgan fingerprint density at radius 1 is 1.50 bits per heavy atom. The predicted octanol–water partition coefficient (Wildman–Crippen LogP) is 0.574. The first-order valence-corrected chi connectivity index (χ1v) is 5.35. The fourth-order valence-corrected chi connectivity index (χ4v) is 1.49.